The lowest BCUT2D eigenvalue weighted by Crippen LogP contribution is -2.62. The summed E-state index contributed by atoms with van der Waals surface area (Å²) in [5.41, 5.74) is 0. The van der Waals surface area contributed by atoms with Crippen LogP contribution < -0.4 is 0 Å². The number of likely N-dealkylation sites (tertiary alicyclic amines) is 2. The molecule has 0 saturated carbocycles. The summed E-state index contributed by atoms with van der Waals surface area (Å²) in [7, 11) is 0. The van der Waals surface area contributed by atoms with Gasteiger partial charge in [-0.2, -0.15) is 0 Å². The van der Waals surface area contributed by atoms with E-state index in [1.807, 2.05) is 0 Å². The Morgan fingerprint density at radius 3 is 2.15 bits per heavy atom. The molecular formula is C11H22N2. The lowest BCUT2D eigenvalue weighted by atomic mass is 9.93. The van der Waals surface area contributed by atoms with E-state index < -0.39 is 0 Å². The molecule has 2 fully saturated rings. The Kier molecular flexibility index (Phi) is 2.37. The molecule has 2 heterocycles. The van der Waals surface area contributed by atoms with E-state index >= 15 is 0 Å². The van der Waals surface area contributed by atoms with Crippen LogP contribution in [0, 0.1) is 5.92 Å². The van der Waals surface area contributed by atoms with Crippen LogP contribution in [0.1, 0.15) is 34.1 Å². The molecule has 0 aliphatic carbocycles. The molecular weight excluding hydrogens is 160 g/mol. The van der Waals surface area contributed by atoms with Crippen molar-refractivity contribution in [1.29, 1.82) is 0 Å². The molecule has 2 rings (SSSR count). The molecule has 2 heteroatoms. The predicted molar refractivity (Wildman–Crippen MR) is 55.6 cm³/mol. The fraction of sp³-hybridized carbons (Fsp3) is 1.00. The first-order valence-corrected chi connectivity index (χ1v) is 5.62. The van der Waals surface area contributed by atoms with E-state index in [0.717, 1.165) is 24.2 Å². The predicted octanol–water partition coefficient (Wildman–Crippen LogP) is 1.77. The average Bonchev–Trinajstić information content (AvgIpc) is 2.27. The van der Waals surface area contributed by atoms with Crippen molar-refractivity contribution in [3.63, 3.8) is 0 Å². The standard InChI is InChI=1S/C11H22N2/c1-8(2)12-6-5-10-7-13(9(3)4)11(10)12/h8-11H,5-7H2,1-4H3. The molecule has 0 radical (unpaired) electrons. The fourth-order valence-corrected chi connectivity index (χ4v) is 2.83. The third-order valence-corrected chi connectivity index (χ3v) is 3.63. The van der Waals surface area contributed by atoms with Gasteiger partial charge in [-0.3, -0.25) is 9.80 Å². The molecule has 0 aromatic rings. The molecule has 0 bridgehead atoms. The normalized spacial score (nSPS) is 35.5. The van der Waals surface area contributed by atoms with Crippen molar-refractivity contribution in [2.75, 3.05) is 13.1 Å². The summed E-state index contributed by atoms with van der Waals surface area (Å²) in [5, 5.41) is 0. The quantitative estimate of drug-likeness (QED) is 0.642. The van der Waals surface area contributed by atoms with Gasteiger partial charge in [0.05, 0.1) is 6.17 Å². The summed E-state index contributed by atoms with van der Waals surface area (Å²) in [5.74, 6) is 0.977. The van der Waals surface area contributed by atoms with Gasteiger partial charge >= 0.3 is 0 Å². The minimum Gasteiger partial charge on any atom is -0.285 e. The van der Waals surface area contributed by atoms with E-state index in [-0.39, 0.29) is 0 Å². The van der Waals surface area contributed by atoms with Crippen LogP contribution >= 0.6 is 0 Å². The summed E-state index contributed by atoms with van der Waals surface area (Å²) in [6.45, 7) is 11.9. The van der Waals surface area contributed by atoms with Crippen LogP contribution in [-0.4, -0.2) is 41.1 Å². The highest BCUT2D eigenvalue weighted by Gasteiger charge is 2.48. The molecule has 2 nitrogen and oxygen atoms in total. The molecule has 2 unspecified atom stereocenters. The van der Waals surface area contributed by atoms with Crippen LogP contribution in [-0.2, 0) is 0 Å². The Hall–Kier alpha value is -0.0800. The lowest BCUT2D eigenvalue weighted by Gasteiger charge is -2.51. The first-order chi connectivity index (χ1) is 6.11. The number of hydrogen-bond acceptors (Lipinski definition) is 2. The first-order valence-electron chi connectivity index (χ1n) is 5.62. The molecule has 0 N–H and O–H groups in total. The van der Waals surface area contributed by atoms with Crippen molar-refractivity contribution >= 4 is 0 Å². The monoisotopic (exact) mass is 182 g/mol. The van der Waals surface area contributed by atoms with E-state index in [0.29, 0.717) is 0 Å². The van der Waals surface area contributed by atoms with E-state index in [4.69, 9.17) is 0 Å². The molecule has 13 heavy (non-hydrogen) atoms. The van der Waals surface area contributed by atoms with Crippen LogP contribution in [0.15, 0.2) is 0 Å². The topological polar surface area (TPSA) is 6.48 Å². The number of hydrogen-bond donors (Lipinski definition) is 0. The van der Waals surface area contributed by atoms with Crippen LogP contribution in [0.5, 0.6) is 0 Å². The highest BCUT2D eigenvalue weighted by molar-refractivity contribution is 4.99. The van der Waals surface area contributed by atoms with Crippen LogP contribution in [0.2, 0.25) is 0 Å². The molecule has 2 saturated heterocycles. The number of rotatable bonds is 2. The van der Waals surface area contributed by atoms with Gasteiger partial charge in [0.25, 0.3) is 0 Å². The van der Waals surface area contributed by atoms with Crippen molar-refractivity contribution in [1.82, 2.24) is 9.80 Å². The van der Waals surface area contributed by atoms with Gasteiger partial charge in [-0.25, -0.2) is 0 Å². The van der Waals surface area contributed by atoms with Gasteiger partial charge in [0, 0.05) is 31.1 Å². The minimum absolute atomic E-state index is 0.719. The summed E-state index contributed by atoms with van der Waals surface area (Å²) in [6, 6.07) is 1.44. The van der Waals surface area contributed by atoms with Crippen molar-refractivity contribution in [3.05, 3.63) is 0 Å². The average molecular weight is 182 g/mol. The fourth-order valence-electron chi connectivity index (χ4n) is 2.83. The van der Waals surface area contributed by atoms with Gasteiger partial charge in [0.15, 0.2) is 0 Å². The molecule has 2 aliphatic rings. The third kappa shape index (κ3) is 1.40. The maximum absolute atomic E-state index is 2.66. The van der Waals surface area contributed by atoms with Gasteiger partial charge in [-0.05, 0) is 34.1 Å². The number of fused-ring (bicyclic) bond motifs is 1. The summed E-state index contributed by atoms with van der Waals surface area (Å²) in [6.07, 6.45) is 2.20. The van der Waals surface area contributed by atoms with Crippen molar-refractivity contribution in [3.8, 4) is 0 Å². The van der Waals surface area contributed by atoms with Crippen LogP contribution in [0.4, 0.5) is 0 Å². The van der Waals surface area contributed by atoms with E-state index in [9.17, 15) is 0 Å². The zero-order chi connectivity index (χ0) is 9.59. The molecule has 0 aromatic heterocycles. The smallest absolute Gasteiger partial charge is 0.0668 e. The van der Waals surface area contributed by atoms with Crippen LogP contribution in [0.25, 0.3) is 0 Å². The Labute approximate surface area is 81.9 Å². The second-order valence-corrected chi connectivity index (χ2v) is 5.08. The minimum atomic E-state index is 0.719. The Bertz CT molecular complexity index is 189. The van der Waals surface area contributed by atoms with E-state index in [1.165, 1.54) is 19.5 Å². The zero-order valence-electron chi connectivity index (χ0n) is 9.33. The molecule has 2 aliphatic heterocycles. The summed E-state index contributed by atoms with van der Waals surface area (Å²) >= 11 is 0. The maximum Gasteiger partial charge on any atom is 0.0668 e. The van der Waals surface area contributed by atoms with Crippen molar-refractivity contribution < 1.29 is 0 Å². The zero-order valence-corrected chi connectivity index (χ0v) is 9.33. The molecule has 76 valence electrons. The number of nitrogens with zero attached hydrogens (tertiary/aromatic N) is 2. The van der Waals surface area contributed by atoms with Gasteiger partial charge < -0.3 is 0 Å². The molecule has 0 aromatic carbocycles. The second kappa shape index (κ2) is 3.25. The van der Waals surface area contributed by atoms with Crippen molar-refractivity contribution in [2.24, 2.45) is 5.92 Å². The summed E-state index contributed by atoms with van der Waals surface area (Å²) < 4.78 is 0. The maximum atomic E-state index is 2.66. The van der Waals surface area contributed by atoms with E-state index in [1.54, 1.807) is 0 Å². The third-order valence-electron chi connectivity index (χ3n) is 3.63. The summed E-state index contributed by atoms with van der Waals surface area (Å²) in [4.78, 5) is 5.30. The van der Waals surface area contributed by atoms with Crippen LogP contribution in [0.3, 0.4) is 0 Å². The van der Waals surface area contributed by atoms with Gasteiger partial charge in [0.2, 0.25) is 0 Å². The first kappa shape index (κ1) is 9.47. The van der Waals surface area contributed by atoms with Gasteiger partial charge in [0.1, 0.15) is 0 Å². The van der Waals surface area contributed by atoms with Gasteiger partial charge in [-0.15, -0.1) is 0 Å². The Morgan fingerprint density at radius 2 is 1.62 bits per heavy atom. The Balaban J connectivity index is 2.02. The second-order valence-electron chi connectivity index (χ2n) is 5.08. The lowest BCUT2D eigenvalue weighted by molar-refractivity contribution is -0.0738. The molecule has 2 atom stereocenters. The van der Waals surface area contributed by atoms with E-state index in [2.05, 4.69) is 37.5 Å². The SMILES string of the molecule is CC(C)N1CCC2CN(C(C)C)C21. The van der Waals surface area contributed by atoms with Crippen molar-refractivity contribution in [2.45, 2.75) is 52.4 Å². The molecule has 0 spiro atoms. The Morgan fingerprint density at radius 1 is 1.00 bits per heavy atom. The highest BCUT2D eigenvalue weighted by atomic mass is 15.4. The highest BCUT2D eigenvalue weighted by Crippen LogP contribution is 2.38. The van der Waals surface area contributed by atoms with Gasteiger partial charge in [-0.1, -0.05) is 0 Å². The largest absolute Gasteiger partial charge is 0.285 e. The molecule has 0 amide bonds.